The Morgan fingerprint density at radius 1 is 1.15 bits per heavy atom. The second-order valence-electron chi connectivity index (χ2n) is 6.90. The van der Waals surface area contributed by atoms with Gasteiger partial charge >= 0.3 is 0 Å². The molecule has 0 atom stereocenters. The highest BCUT2D eigenvalue weighted by Gasteiger charge is 2.28. The molecule has 1 fully saturated rings. The third-order valence-corrected chi connectivity index (χ3v) is 6.73. The monoisotopic (exact) mass is 390 g/mol. The van der Waals surface area contributed by atoms with Gasteiger partial charge in [0.15, 0.2) is 5.78 Å². The van der Waals surface area contributed by atoms with Gasteiger partial charge in [0.1, 0.15) is 5.82 Å². The van der Waals surface area contributed by atoms with Gasteiger partial charge in [-0.25, -0.2) is 12.8 Å². The average Bonchev–Trinajstić information content (AvgIpc) is 2.68. The molecule has 1 aliphatic rings. The number of carbonyl (C=O) groups is 1. The van der Waals surface area contributed by atoms with Gasteiger partial charge in [-0.2, -0.15) is 4.31 Å². The number of ketones is 1. The molecule has 3 rings (SSSR count). The molecule has 1 N–H and O–H groups in total. The molecule has 0 amide bonds. The molecule has 1 saturated heterocycles. The molecule has 1 heterocycles. The van der Waals surface area contributed by atoms with Crippen LogP contribution in [0.25, 0.3) is 0 Å². The minimum absolute atomic E-state index is 0.00361. The van der Waals surface area contributed by atoms with Crippen molar-refractivity contribution in [2.75, 3.05) is 25.0 Å². The van der Waals surface area contributed by atoms with Gasteiger partial charge in [0.05, 0.1) is 11.4 Å². The maximum atomic E-state index is 12.9. The molecule has 0 aromatic heterocycles. The fourth-order valence-electron chi connectivity index (χ4n) is 3.06. The summed E-state index contributed by atoms with van der Waals surface area (Å²) in [7, 11) is -3.59. The first-order valence-electron chi connectivity index (χ1n) is 8.99. The summed E-state index contributed by atoms with van der Waals surface area (Å²) < 4.78 is 40.1. The second kappa shape index (κ2) is 8.19. The first kappa shape index (κ1) is 19.5. The summed E-state index contributed by atoms with van der Waals surface area (Å²) in [5.74, 6) is -0.0533. The summed E-state index contributed by atoms with van der Waals surface area (Å²) >= 11 is 0. The van der Waals surface area contributed by atoms with Crippen molar-refractivity contribution in [3.05, 3.63) is 59.9 Å². The predicted octanol–water partition coefficient (Wildman–Crippen LogP) is 3.54. The van der Waals surface area contributed by atoms with E-state index >= 15 is 0 Å². The lowest BCUT2D eigenvalue weighted by Gasteiger charge is -2.29. The van der Waals surface area contributed by atoms with Crippen LogP contribution in [0, 0.1) is 11.7 Å². The van der Waals surface area contributed by atoms with E-state index in [1.54, 1.807) is 24.3 Å². The number of piperidine rings is 1. The summed E-state index contributed by atoms with van der Waals surface area (Å²) in [5, 5.41) is 2.92. The molecule has 0 radical (unpaired) electrons. The largest absolute Gasteiger partial charge is 0.378 e. The number of benzene rings is 2. The first-order valence-corrected chi connectivity index (χ1v) is 10.4. The quantitative estimate of drug-likeness (QED) is 0.766. The summed E-state index contributed by atoms with van der Waals surface area (Å²) in [4.78, 5) is 12.6. The maximum absolute atomic E-state index is 12.9. The van der Waals surface area contributed by atoms with Crippen LogP contribution in [0.5, 0.6) is 0 Å². The fraction of sp³-hybridized carbons (Fsp3) is 0.350. The van der Waals surface area contributed by atoms with Gasteiger partial charge in [-0.15, -0.1) is 0 Å². The molecule has 1 aliphatic heterocycles. The highest BCUT2D eigenvalue weighted by Crippen LogP contribution is 2.24. The van der Waals surface area contributed by atoms with E-state index in [-0.39, 0.29) is 23.0 Å². The minimum atomic E-state index is -3.59. The van der Waals surface area contributed by atoms with Crippen LogP contribution in [-0.2, 0) is 10.0 Å². The van der Waals surface area contributed by atoms with Crippen LogP contribution in [0.15, 0.2) is 53.4 Å². The number of hydrogen-bond donors (Lipinski definition) is 1. The van der Waals surface area contributed by atoms with Crippen LogP contribution in [0.2, 0.25) is 0 Å². The van der Waals surface area contributed by atoms with Crippen molar-refractivity contribution in [1.82, 2.24) is 4.31 Å². The third kappa shape index (κ3) is 4.73. The molecular formula is C20H23FN2O3S. The lowest BCUT2D eigenvalue weighted by Crippen LogP contribution is -2.37. The van der Waals surface area contributed by atoms with Crippen LogP contribution in [0.1, 0.15) is 30.1 Å². The zero-order valence-corrected chi connectivity index (χ0v) is 16.0. The Hall–Kier alpha value is -2.25. The van der Waals surface area contributed by atoms with Crippen molar-refractivity contribution in [2.45, 2.75) is 24.7 Å². The Bertz CT molecular complexity index is 905. The number of hydrogen-bond acceptors (Lipinski definition) is 4. The number of nitrogens with one attached hydrogen (secondary N) is 1. The zero-order valence-electron chi connectivity index (χ0n) is 15.2. The van der Waals surface area contributed by atoms with Crippen LogP contribution in [0.4, 0.5) is 10.1 Å². The fourth-order valence-corrected chi connectivity index (χ4v) is 4.57. The first-order chi connectivity index (χ1) is 12.9. The Kier molecular flexibility index (Phi) is 5.92. The van der Waals surface area contributed by atoms with E-state index in [1.165, 1.54) is 28.6 Å². The Morgan fingerprint density at radius 2 is 1.81 bits per heavy atom. The van der Waals surface area contributed by atoms with E-state index in [0.717, 1.165) is 12.8 Å². The molecule has 0 unspecified atom stereocenters. The molecule has 7 heteroatoms. The number of carbonyl (C=O) groups excluding carboxylic acids is 1. The van der Waals surface area contributed by atoms with Crippen LogP contribution in [-0.4, -0.2) is 38.1 Å². The third-order valence-electron chi connectivity index (χ3n) is 4.83. The van der Waals surface area contributed by atoms with Gasteiger partial charge in [-0.1, -0.05) is 19.1 Å². The van der Waals surface area contributed by atoms with E-state index in [4.69, 9.17) is 0 Å². The summed E-state index contributed by atoms with van der Waals surface area (Å²) in [5.41, 5.74) is 0.951. The average molecular weight is 390 g/mol. The van der Waals surface area contributed by atoms with Gasteiger partial charge < -0.3 is 5.32 Å². The van der Waals surface area contributed by atoms with Gasteiger partial charge in [0.25, 0.3) is 0 Å². The van der Waals surface area contributed by atoms with Crippen LogP contribution in [0.3, 0.4) is 0 Å². The molecule has 27 heavy (non-hydrogen) atoms. The maximum Gasteiger partial charge on any atom is 0.243 e. The van der Waals surface area contributed by atoms with E-state index in [1.807, 2.05) is 0 Å². The summed E-state index contributed by atoms with van der Waals surface area (Å²) in [6.07, 6.45) is 1.69. The highest BCUT2D eigenvalue weighted by atomic mass is 32.2. The van der Waals surface area contributed by atoms with E-state index < -0.39 is 10.0 Å². The zero-order chi connectivity index (χ0) is 19.4. The Balaban J connectivity index is 1.70. The molecule has 5 nitrogen and oxygen atoms in total. The van der Waals surface area contributed by atoms with Gasteiger partial charge in [-0.3, -0.25) is 4.79 Å². The summed E-state index contributed by atoms with van der Waals surface area (Å²) in [6.45, 7) is 3.13. The molecule has 0 aliphatic carbocycles. The SMILES string of the molecule is CC1CCN(S(=O)(=O)c2cccc(C(=O)CNc3ccc(F)cc3)c2)CC1. The van der Waals surface area contributed by atoms with Crippen molar-refractivity contribution >= 4 is 21.5 Å². The number of nitrogens with zero attached hydrogens (tertiary/aromatic N) is 1. The lowest BCUT2D eigenvalue weighted by molar-refractivity contribution is 0.101. The second-order valence-corrected chi connectivity index (χ2v) is 8.84. The molecule has 2 aromatic rings. The molecule has 144 valence electrons. The van der Waals surface area contributed by atoms with Gasteiger partial charge in [0.2, 0.25) is 10.0 Å². The summed E-state index contributed by atoms with van der Waals surface area (Å²) in [6, 6.07) is 11.8. The van der Waals surface area contributed by atoms with E-state index in [0.29, 0.717) is 30.3 Å². The Labute approximate surface area is 159 Å². The molecule has 0 saturated carbocycles. The van der Waals surface area contributed by atoms with Crippen molar-refractivity contribution in [3.63, 3.8) is 0 Å². The van der Waals surface area contributed by atoms with Crippen molar-refractivity contribution in [3.8, 4) is 0 Å². The normalized spacial score (nSPS) is 16.2. The highest BCUT2D eigenvalue weighted by molar-refractivity contribution is 7.89. The van der Waals surface area contributed by atoms with Crippen molar-refractivity contribution in [2.24, 2.45) is 5.92 Å². The van der Waals surface area contributed by atoms with Crippen LogP contribution >= 0.6 is 0 Å². The molecule has 0 spiro atoms. The number of Topliss-reactive ketones (excluding diaryl/α,β-unsaturated/α-hetero) is 1. The Morgan fingerprint density at radius 3 is 2.48 bits per heavy atom. The predicted molar refractivity (Wildman–Crippen MR) is 103 cm³/mol. The van der Waals surface area contributed by atoms with Crippen LogP contribution < -0.4 is 5.32 Å². The number of rotatable bonds is 6. The number of anilines is 1. The van der Waals surface area contributed by atoms with Gasteiger partial charge in [0, 0.05) is 24.3 Å². The topological polar surface area (TPSA) is 66.5 Å². The number of sulfonamides is 1. The smallest absolute Gasteiger partial charge is 0.243 e. The van der Waals surface area contributed by atoms with E-state index in [2.05, 4.69) is 12.2 Å². The van der Waals surface area contributed by atoms with Gasteiger partial charge in [-0.05, 0) is 55.2 Å². The van der Waals surface area contributed by atoms with Crippen molar-refractivity contribution in [1.29, 1.82) is 0 Å². The molecule has 2 aromatic carbocycles. The lowest BCUT2D eigenvalue weighted by atomic mass is 10.0. The minimum Gasteiger partial charge on any atom is -0.378 e. The van der Waals surface area contributed by atoms with E-state index in [9.17, 15) is 17.6 Å². The van der Waals surface area contributed by atoms with Crippen molar-refractivity contribution < 1.29 is 17.6 Å². The molecule has 0 bridgehead atoms. The number of halogens is 1. The standard InChI is InChI=1S/C20H23FN2O3S/c1-15-9-11-23(12-10-15)27(25,26)19-4-2-3-16(13-19)20(24)14-22-18-7-5-17(21)6-8-18/h2-8,13,15,22H,9-12,14H2,1H3. The molecular weight excluding hydrogens is 367 g/mol.